The summed E-state index contributed by atoms with van der Waals surface area (Å²) in [5, 5.41) is 66.2. The predicted molar refractivity (Wildman–Crippen MR) is 232 cm³/mol. The Kier molecular flexibility index (Phi) is 11.5. The standard InChI is InChI=1S/C48H46N4O15/c49-46(50)43(65-34(57)18-33(55)56)45-48(60)14-6-10-26-28(20-52-19-24-13-15-51-37(24)29(52)21-53)35-32(17-31(26)64-47(67-45)38(58)44(48)59)63-39-25(23-7-2-1-3-8-23)9-4-5-16-61-41-30(62-22-54)12-11-27-36(39)42(35)66-40(27)41/h1-3,7-8,11-13,15,17,19,25,36,38-39,42-47,51,53-54,58-60H,5,14,16,18,20-22,49-50H2,(H,55,56). The third-order valence-electron chi connectivity index (χ3n) is 12.9. The monoisotopic (exact) mass is 918 g/mol. The minimum atomic E-state index is -2.52. The molecule has 0 saturated carbocycles. The van der Waals surface area contributed by atoms with Gasteiger partial charge in [0.2, 0.25) is 12.0 Å². The minimum absolute atomic E-state index is 0.00199. The summed E-state index contributed by atoms with van der Waals surface area (Å²) < 4.78 is 46.1. The third-order valence-corrected chi connectivity index (χ3v) is 12.9. The molecule has 348 valence electrons. The van der Waals surface area contributed by atoms with Crippen LogP contribution in [0.3, 0.4) is 0 Å². The summed E-state index contributed by atoms with van der Waals surface area (Å²) in [6.45, 7) is -0.751. The molecule has 10 atom stereocenters. The highest BCUT2D eigenvalue weighted by molar-refractivity contribution is 5.90. The lowest BCUT2D eigenvalue weighted by atomic mass is 9.75. The molecule has 11 rings (SSSR count). The van der Waals surface area contributed by atoms with Crippen LogP contribution in [0.1, 0.15) is 70.7 Å². The molecule has 3 aromatic carbocycles. The summed E-state index contributed by atoms with van der Waals surface area (Å²) in [4.78, 5) is 27.2. The van der Waals surface area contributed by atoms with E-state index in [-0.39, 0.29) is 48.3 Å². The van der Waals surface area contributed by atoms with Crippen molar-refractivity contribution in [3.63, 3.8) is 0 Å². The molecular weight excluding hydrogens is 873 g/mol. The van der Waals surface area contributed by atoms with Crippen molar-refractivity contribution in [3.8, 4) is 52.4 Å². The van der Waals surface area contributed by atoms with Crippen molar-refractivity contribution in [2.75, 3.05) is 13.4 Å². The number of nitrogens with two attached hydrogens (primary N) is 2. The van der Waals surface area contributed by atoms with Crippen molar-refractivity contribution in [1.29, 1.82) is 0 Å². The third kappa shape index (κ3) is 7.55. The number of aliphatic hydroxyl groups excluding tert-OH is 4. The molecule has 6 aliphatic heterocycles. The SMILES string of the molecule is NC(N)C(OC(=O)CC(=O)O)C1OC2Oc3cc4c(c(Cn5cc6cc[nH]c6c5CO)c3C#CCC1(O)C(O)C2O)C1Oc2c3ccc(OCO)c2OCCC#CC(c2ccccc2)C(O4)C31. The van der Waals surface area contributed by atoms with Crippen LogP contribution in [0.2, 0.25) is 0 Å². The average molecular weight is 919 g/mol. The molecule has 2 aromatic heterocycles. The van der Waals surface area contributed by atoms with Gasteiger partial charge in [0.1, 0.15) is 54.0 Å². The number of ether oxygens (including phenoxy) is 7. The Balaban J connectivity index is 1.19. The maximum absolute atomic E-state index is 12.7. The van der Waals surface area contributed by atoms with Gasteiger partial charge in [0.15, 0.2) is 24.4 Å². The fourth-order valence-corrected chi connectivity index (χ4v) is 9.90. The molecule has 0 aliphatic carbocycles. The van der Waals surface area contributed by atoms with Gasteiger partial charge in [-0.1, -0.05) is 60.1 Å². The molecule has 1 fully saturated rings. The minimum Gasteiger partial charge on any atom is -0.487 e. The van der Waals surface area contributed by atoms with Crippen molar-refractivity contribution in [2.24, 2.45) is 11.5 Å². The molecule has 0 spiro atoms. The van der Waals surface area contributed by atoms with E-state index in [2.05, 4.69) is 28.7 Å². The molecule has 0 amide bonds. The molecule has 0 radical (unpaired) electrons. The van der Waals surface area contributed by atoms with E-state index in [1.807, 2.05) is 53.2 Å². The fourth-order valence-electron chi connectivity index (χ4n) is 9.90. The Labute approximate surface area is 381 Å². The van der Waals surface area contributed by atoms with Crippen LogP contribution >= 0.6 is 0 Å². The number of carbonyl (C=O) groups is 2. The van der Waals surface area contributed by atoms with Crippen LogP contribution < -0.4 is 35.2 Å². The Bertz CT molecular complexity index is 2880. The van der Waals surface area contributed by atoms with Gasteiger partial charge in [-0.25, -0.2) is 0 Å². The van der Waals surface area contributed by atoms with Crippen molar-refractivity contribution in [1.82, 2.24) is 9.55 Å². The first-order valence-electron chi connectivity index (χ1n) is 21.6. The van der Waals surface area contributed by atoms with Gasteiger partial charge in [0, 0.05) is 59.9 Å². The number of carboxylic acids is 1. The average Bonchev–Trinajstić information content (AvgIpc) is 4.01. The smallest absolute Gasteiger partial charge is 0.317 e. The number of hydrogen-bond donors (Lipinski definition) is 9. The van der Waals surface area contributed by atoms with Gasteiger partial charge in [-0.15, -0.1) is 0 Å². The number of aliphatic carboxylic acids is 1. The number of aromatic amines is 1. The lowest BCUT2D eigenvalue weighted by Crippen LogP contribution is -2.72. The molecule has 5 aromatic rings. The van der Waals surface area contributed by atoms with E-state index in [9.17, 15) is 40.2 Å². The number of fused-ring (bicyclic) bond motifs is 6. The maximum Gasteiger partial charge on any atom is 0.317 e. The van der Waals surface area contributed by atoms with Gasteiger partial charge in [-0.05, 0) is 17.7 Å². The number of hydrogen-bond acceptors (Lipinski definition) is 16. The highest BCUT2D eigenvalue weighted by atomic mass is 16.7. The van der Waals surface area contributed by atoms with Crippen LogP contribution in [0.4, 0.5) is 0 Å². The second-order valence-electron chi connectivity index (χ2n) is 16.9. The summed E-state index contributed by atoms with van der Waals surface area (Å²) in [6, 6.07) is 16.7. The largest absolute Gasteiger partial charge is 0.487 e. The Morgan fingerprint density at radius 1 is 1.01 bits per heavy atom. The van der Waals surface area contributed by atoms with E-state index >= 15 is 0 Å². The van der Waals surface area contributed by atoms with Crippen LogP contribution in [0.5, 0.6) is 28.7 Å². The quantitative estimate of drug-likeness (QED) is 0.0391. The zero-order chi connectivity index (χ0) is 46.7. The van der Waals surface area contributed by atoms with Gasteiger partial charge in [-0.3, -0.25) is 9.59 Å². The topological polar surface area (TPSA) is 293 Å². The lowest BCUT2D eigenvalue weighted by Gasteiger charge is -2.50. The molecule has 6 aliphatic rings. The first-order valence-corrected chi connectivity index (χ1v) is 21.6. The molecule has 67 heavy (non-hydrogen) atoms. The van der Waals surface area contributed by atoms with Crippen LogP contribution in [-0.4, -0.2) is 114 Å². The summed E-state index contributed by atoms with van der Waals surface area (Å²) >= 11 is 0. The zero-order valence-corrected chi connectivity index (χ0v) is 35.5. The fraction of sp³-hybridized carbons (Fsp3) is 0.375. The summed E-state index contributed by atoms with van der Waals surface area (Å²) in [5.41, 5.74) is 13.7. The second-order valence-corrected chi connectivity index (χ2v) is 16.9. The summed E-state index contributed by atoms with van der Waals surface area (Å²) in [7, 11) is 0. The Morgan fingerprint density at radius 3 is 2.60 bits per heavy atom. The van der Waals surface area contributed by atoms with Crippen molar-refractivity contribution in [3.05, 3.63) is 101 Å². The number of carbonyl (C=O) groups excluding carboxylic acids is 1. The number of nitrogens with one attached hydrogen (secondary N) is 1. The number of aromatic nitrogens is 2. The molecule has 1 saturated heterocycles. The zero-order valence-electron chi connectivity index (χ0n) is 35.5. The highest BCUT2D eigenvalue weighted by Gasteiger charge is 2.60. The molecular formula is C48H46N4O15. The van der Waals surface area contributed by atoms with Gasteiger partial charge in [0.25, 0.3) is 0 Å². The Hall–Kier alpha value is -6.78. The van der Waals surface area contributed by atoms with Gasteiger partial charge in [0.05, 0.1) is 48.0 Å². The van der Waals surface area contributed by atoms with Gasteiger partial charge in [-0.2, -0.15) is 0 Å². The number of benzene rings is 3. The molecule has 6 bridgehead atoms. The van der Waals surface area contributed by atoms with Gasteiger partial charge >= 0.3 is 11.9 Å². The lowest BCUT2D eigenvalue weighted by molar-refractivity contribution is -0.324. The van der Waals surface area contributed by atoms with Crippen molar-refractivity contribution >= 4 is 22.8 Å². The maximum atomic E-state index is 12.7. The molecule has 10 unspecified atom stereocenters. The van der Waals surface area contributed by atoms with Crippen LogP contribution in [0, 0.1) is 23.7 Å². The van der Waals surface area contributed by atoms with Crippen molar-refractivity contribution in [2.45, 2.75) is 98.9 Å². The molecule has 19 heteroatoms. The van der Waals surface area contributed by atoms with Crippen LogP contribution in [0.15, 0.2) is 67.0 Å². The molecule has 8 heterocycles. The van der Waals surface area contributed by atoms with Crippen molar-refractivity contribution < 1.29 is 73.4 Å². The first kappa shape index (κ1) is 44.1. The Morgan fingerprint density at radius 2 is 1.84 bits per heavy atom. The van der Waals surface area contributed by atoms with E-state index in [1.54, 1.807) is 18.3 Å². The predicted octanol–water partition coefficient (Wildman–Crippen LogP) is 1.33. The molecule has 19 nitrogen and oxygen atoms in total. The molecule has 11 N–H and O–H groups in total. The van der Waals surface area contributed by atoms with E-state index in [1.165, 1.54) is 0 Å². The number of H-pyrrole nitrogens is 1. The van der Waals surface area contributed by atoms with E-state index < -0.39 is 98.1 Å². The number of aliphatic hydroxyl groups is 5. The van der Waals surface area contributed by atoms with E-state index in [4.69, 9.17) is 44.6 Å². The van der Waals surface area contributed by atoms with Crippen LogP contribution in [-0.2, 0) is 32.2 Å². The number of esters is 1. The normalized spacial score (nSPS) is 26.9. The second kappa shape index (κ2) is 17.5. The number of nitrogens with zero attached hydrogens (tertiary/aromatic N) is 1. The summed E-state index contributed by atoms with van der Waals surface area (Å²) in [5.74, 6) is 10.2. The van der Waals surface area contributed by atoms with Gasteiger partial charge < -0.3 is 84.8 Å². The van der Waals surface area contributed by atoms with E-state index in [0.29, 0.717) is 34.5 Å². The highest BCUT2D eigenvalue weighted by Crippen LogP contribution is 2.61. The van der Waals surface area contributed by atoms with E-state index in [0.717, 1.165) is 16.5 Å². The number of carboxylic acid groups (broad SMARTS) is 1. The number of rotatable bonds is 11. The van der Waals surface area contributed by atoms with Crippen LogP contribution in [0.25, 0.3) is 10.9 Å². The first-order chi connectivity index (χ1) is 32.4. The summed E-state index contributed by atoms with van der Waals surface area (Å²) in [6.07, 6.45) is -10.2.